The van der Waals surface area contributed by atoms with Gasteiger partial charge in [0.25, 0.3) is 5.91 Å². The summed E-state index contributed by atoms with van der Waals surface area (Å²) in [7, 11) is 0. The summed E-state index contributed by atoms with van der Waals surface area (Å²) in [5.41, 5.74) is 1.72. The van der Waals surface area contributed by atoms with Gasteiger partial charge in [-0.15, -0.1) is 11.3 Å². The third kappa shape index (κ3) is 5.14. The van der Waals surface area contributed by atoms with E-state index in [0.29, 0.717) is 17.2 Å². The van der Waals surface area contributed by atoms with Gasteiger partial charge >= 0.3 is 0 Å². The van der Waals surface area contributed by atoms with Crippen LogP contribution in [0.2, 0.25) is 0 Å². The molecule has 2 N–H and O–H groups in total. The molecule has 23 heavy (non-hydrogen) atoms. The summed E-state index contributed by atoms with van der Waals surface area (Å²) in [6.07, 6.45) is 3.14. The molecule has 0 bridgehead atoms. The van der Waals surface area contributed by atoms with Gasteiger partial charge in [0.1, 0.15) is 0 Å². The number of hydrogen-bond acceptors (Lipinski definition) is 5. The molecule has 0 unspecified atom stereocenters. The standard InChI is InChI=1S/C16H21N3O2S2/c1-3-5-12-13(4-2)23-16(18-12)19-14(20)6-8-17-15(21)11-7-9-22-10-11/h7,9-10H,3-6,8H2,1-2H3,(H,17,21)(H,18,19,20). The minimum atomic E-state index is -0.146. The summed E-state index contributed by atoms with van der Waals surface area (Å²) in [6.45, 7) is 4.53. The van der Waals surface area contributed by atoms with Gasteiger partial charge in [-0.2, -0.15) is 11.3 Å². The lowest BCUT2D eigenvalue weighted by molar-refractivity contribution is -0.116. The lowest BCUT2D eigenvalue weighted by Gasteiger charge is -2.04. The molecule has 0 aromatic carbocycles. The topological polar surface area (TPSA) is 71.1 Å². The number of carbonyl (C=O) groups excluding carboxylic acids is 2. The average molecular weight is 351 g/mol. The Hall–Kier alpha value is -1.73. The fourth-order valence-electron chi connectivity index (χ4n) is 2.11. The molecule has 124 valence electrons. The quantitative estimate of drug-likeness (QED) is 0.765. The Morgan fingerprint density at radius 3 is 2.78 bits per heavy atom. The summed E-state index contributed by atoms with van der Waals surface area (Å²) >= 11 is 3.01. The zero-order valence-electron chi connectivity index (χ0n) is 13.3. The third-order valence-electron chi connectivity index (χ3n) is 3.25. The number of hydrogen-bond donors (Lipinski definition) is 2. The van der Waals surface area contributed by atoms with E-state index in [9.17, 15) is 9.59 Å². The first kappa shape index (κ1) is 17.6. The lowest BCUT2D eigenvalue weighted by Crippen LogP contribution is -2.27. The first-order valence-corrected chi connectivity index (χ1v) is 9.48. The molecule has 2 heterocycles. The largest absolute Gasteiger partial charge is 0.351 e. The number of anilines is 1. The minimum absolute atomic E-state index is 0.130. The highest BCUT2D eigenvalue weighted by atomic mass is 32.1. The van der Waals surface area contributed by atoms with Crippen LogP contribution in [0.4, 0.5) is 5.13 Å². The van der Waals surface area contributed by atoms with Crippen LogP contribution in [0.5, 0.6) is 0 Å². The Morgan fingerprint density at radius 2 is 2.13 bits per heavy atom. The molecule has 0 aliphatic rings. The summed E-state index contributed by atoms with van der Waals surface area (Å²) in [5.74, 6) is -0.276. The second kappa shape index (κ2) is 8.79. The zero-order chi connectivity index (χ0) is 16.7. The van der Waals surface area contributed by atoms with Crippen molar-refractivity contribution in [1.82, 2.24) is 10.3 Å². The van der Waals surface area contributed by atoms with Crippen LogP contribution < -0.4 is 10.6 Å². The van der Waals surface area contributed by atoms with Crippen LogP contribution >= 0.6 is 22.7 Å². The predicted molar refractivity (Wildman–Crippen MR) is 95.4 cm³/mol. The van der Waals surface area contributed by atoms with Crippen molar-refractivity contribution in [3.8, 4) is 0 Å². The van der Waals surface area contributed by atoms with E-state index in [1.54, 1.807) is 11.4 Å². The van der Waals surface area contributed by atoms with E-state index in [-0.39, 0.29) is 18.2 Å². The number of aromatic nitrogens is 1. The van der Waals surface area contributed by atoms with Crippen LogP contribution in [0, 0.1) is 0 Å². The number of carbonyl (C=O) groups is 2. The Kier molecular flexibility index (Phi) is 6.73. The molecule has 0 atom stereocenters. The Balaban J connectivity index is 1.79. The molecule has 2 aromatic rings. The monoisotopic (exact) mass is 351 g/mol. The number of aryl methyl sites for hydroxylation is 2. The number of thiazole rings is 1. The molecule has 5 nitrogen and oxygen atoms in total. The van der Waals surface area contributed by atoms with Gasteiger partial charge < -0.3 is 10.6 Å². The second-order valence-electron chi connectivity index (χ2n) is 5.06. The molecule has 2 aromatic heterocycles. The van der Waals surface area contributed by atoms with Crippen molar-refractivity contribution in [2.24, 2.45) is 0 Å². The lowest BCUT2D eigenvalue weighted by atomic mass is 10.2. The molecule has 2 rings (SSSR count). The fourth-order valence-corrected chi connectivity index (χ4v) is 3.71. The maximum Gasteiger partial charge on any atom is 0.252 e. The van der Waals surface area contributed by atoms with Crippen LogP contribution in [-0.4, -0.2) is 23.3 Å². The average Bonchev–Trinajstić information content (AvgIpc) is 3.17. The first-order valence-electron chi connectivity index (χ1n) is 7.72. The Labute approximate surface area is 144 Å². The Bertz CT molecular complexity index is 650. The predicted octanol–water partition coefficient (Wildman–Crippen LogP) is 3.48. The molecule has 7 heteroatoms. The Morgan fingerprint density at radius 1 is 1.30 bits per heavy atom. The van der Waals surface area contributed by atoms with Gasteiger partial charge in [0.2, 0.25) is 5.91 Å². The molecular formula is C16H21N3O2S2. The molecule has 0 fully saturated rings. The van der Waals surface area contributed by atoms with Crippen LogP contribution in [-0.2, 0) is 17.6 Å². The van der Waals surface area contributed by atoms with Gasteiger partial charge in [0.15, 0.2) is 5.13 Å². The van der Waals surface area contributed by atoms with E-state index in [1.807, 2.05) is 5.38 Å². The van der Waals surface area contributed by atoms with E-state index in [0.717, 1.165) is 25.0 Å². The summed E-state index contributed by atoms with van der Waals surface area (Å²) in [5, 5.41) is 9.85. The van der Waals surface area contributed by atoms with E-state index in [4.69, 9.17) is 0 Å². The van der Waals surface area contributed by atoms with Crippen LogP contribution in [0.25, 0.3) is 0 Å². The van der Waals surface area contributed by atoms with Gasteiger partial charge in [-0.05, 0) is 24.3 Å². The smallest absolute Gasteiger partial charge is 0.252 e. The van der Waals surface area contributed by atoms with Crippen molar-refractivity contribution < 1.29 is 9.59 Å². The SMILES string of the molecule is CCCc1nc(NC(=O)CCNC(=O)c2ccsc2)sc1CC. The summed E-state index contributed by atoms with van der Waals surface area (Å²) < 4.78 is 0. The van der Waals surface area contributed by atoms with Crippen LogP contribution in [0.3, 0.4) is 0 Å². The number of amides is 2. The maximum absolute atomic E-state index is 12.0. The van der Waals surface area contributed by atoms with Crippen LogP contribution in [0.1, 0.15) is 47.6 Å². The normalized spacial score (nSPS) is 10.5. The van der Waals surface area contributed by atoms with Gasteiger partial charge in [-0.1, -0.05) is 20.3 Å². The van der Waals surface area contributed by atoms with Gasteiger partial charge in [0, 0.05) is 28.8 Å². The van der Waals surface area contributed by atoms with Gasteiger partial charge in [-0.3, -0.25) is 9.59 Å². The second-order valence-corrected chi connectivity index (χ2v) is 6.92. The molecule has 0 saturated heterocycles. The number of thiophene rings is 1. The van der Waals surface area contributed by atoms with E-state index < -0.39 is 0 Å². The minimum Gasteiger partial charge on any atom is -0.351 e. The van der Waals surface area contributed by atoms with Crippen molar-refractivity contribution in [1.29, 1.82) is 0 Å². The number of rotatable bonds is 8. The highest BCUT2D eigenvalue weighted by Gasteiger charge is 2.12. The molecule has 0 saturated carbocycles. The summed E-state index contributed by atoms with van der Waals surface area (Å²) in [6, 6.07) is 1.76. The third-order valence-corrected chi connectivity index (χ3v) is 5.09. The number of nitrogens with zero attached hydrogens (tertiary/aromatic N) is 1. The highest BCUT2D eigenvalue weighted by molar-refractivity contribution is 7.15. The summed E-state index contributed by atoms with van der Waals surface area (Å²) in [4.78, 5) is 29.4. The molecule has 0 aliphatic heterocycles. The van der Waals surface area contributed by atoms with E-state index >= 15 is 0 Å². The molecule has 0 aliphatic carbocycles. The first-order chi connectivity index (χ1) is 11.1. The fraction of sp³-hybridized carbons (Fsp3) is 0.438. The maximum atomic E-state index is 12.0. The molecular weight excluding hydrogens is 330 g/mol. The number of nitrogens with one attached hydrogen (secondary N) is 2. The highest BCUT2D eigenvalue weighted by Crippen LogP contribution is 2.24. The van der Waals surface area contributed by atoms with Crippen LogP contribution in [0.15, 0.2) is 16.8 Å². The van der Waals surface area contributed by atoms with Crippen molar-refractivity contribution in [3.05, 3.63) is 33.0 Å². The van der Waals surface area contributed by atoms with Crippen molar-refractivity contribution in [2.75, 3.05) is 11.9 Å². The molecule has 0 spiro atoms. The molecule has 0 radical (unpaired) electrons. The van der Waals surface area contributed by atoms with Crippen molar-refractivity contribution in [2.45, 2.75) is 39.5 Å². The van der Waals surface area contributed by atoms with Gasteiger partial charge in [-0.25, -0.2) is 4.98 Å². The van der Waals surface area contributed by atoms with Crippen molar-refractivity contribution >= 4 is 39.6 Å². The van der Waals surface area contributed by atoms with Gasteiger partial charge in [0.05, 0.1) is 5.69 Å². The van der Waals surface area contributed by atoms with Crippen molar-refractivity contribution in [3.63, 3.8) is 0 Å². The molecule has 2 amide bonds. The van der Waals surface area contributed by atoms with E-state index in [2.05, 4.69) is 29.5 Å². The van der Waals surface area contributed by atoms with E-state index in [1.165, 1.54) is 27.6 Å². The zero-order valence-corrected chi connectivity index (χ0v) is 15.0.